The molecule has 0 radical (unpaired) electrons. The van der Waals surface area contributed by atoms with Crippen LogP contribution in [0.3, 0.4) is 0 Å². The first-order chi connectivity index (χ1) is 9.06. The summed E-state index contributed by atoms with van der Waals surface area (Å²) in [5.74, 6) is -1.69. The molecule has 3 heteroatoms. The van der Waals surface area contributed by atoms with Gasteiger partial charge in [-0.2, -0.15) is 0 Å². The maximum atomic E-state index is 11.9. The predicted molar refractivity (Wildman–Crippen MR) is 76.7 cm³/mol. The zero-order valence-corrected chi connectivity index (χ0v) is 11.3. The lowest BCUT2D eigenvalue weighted by Crippen LogP contribution is -2.23. The fourth-order valence-electron chi connectivity index (χ4n) is 2.00. The average Bonchev–Trinajstić information content (AvgIpc) is 2.38. The van der Waals surface area contributed by atoms with E-state index >= 15 is 0 Å². The lowest BCUT2D eigenvalue weighted by atomic mass is 9.88. The first-order valence-electron chi connectivity index (χ1n) is 6.11. The van der Waals surface area contributed by atoms with Crippen molar-refractivity contribution >= 4 is 23.9 Å². The molecule has 0 saturated carbocycles. The summed E-state index contributed by atoms with van der Waals surface area (Å²) in [4.78, 5) is 23.7. The quantitative estimate of drug-likeness (QED) is 0.581. The molecule has 0 spiro atoms. The third-order valence-electron chi connectivity index (χ3n) is 2.84. The van der Waals surface area contributed by atoms with Crippen molar-refractivity contribution in [3.05, 3.63) is 48.0 Å². The predicted octanol–water partition coefficient (Wildman–Crippen LogP) is 3.21. The van der Waals surface area contributed by atoms with Crippen LogP contribution in [-0.2, 0) is 14.3 Å². The van der Waals surface area contributed by atoms with Gasteiger partial charge in [-0.1, -0.05) is 43.5 Å². The van der Waals surface area contributed by atoms with Gasteiger partial charge in [-0.05, 0) is 30.5 Å². The molecule has 0 N–H and O–H groups in total. The Morgan fingerprint density at radius 2 is 2.00 bits per heavy atom. The van der Waals surface area contributed by atoms with Crippen molar-refractivity contribution in [1.29, 1.82) is 0 Å². The lowest BCUT2D eigenvalue weighted by molar-refractivity contribution is -0.147. The molecule has 0 aromatic heterocycles. The summed E-state index contributed by atoms with van der Waals surface area (Å²) in [6.07, 6.45) is 3.30. The molecule has 19 heavy (non-hydrogen) atoms. The van der Waals surface area contributed by atoms with E-state index < -0.39 is 11.9 Å². The van der Waals surface area contributed by atoms with Crippen molar-refractivity contribution in [1.82, 2.24) is 0 Å². The van der Waals surface area contributed by atoms with Gasteiger partial charge in [0.05, 0.1) is 6.61 Å². The molecule has 0 heterocycles. The Labute approximate surface area is 113 Å². The third kappa shape index (κ3) is 3.19. The number of ether oxygens (including phenoxy) is 1. The van der Waals surface area contributed by atoms with E-state index in [1.54, 1.807) is 31.2 Å². The number of hydrogen-bond donors (Lipinski definition) is 0. The lowest BCUT2D eigenvalue weighted by Gasteiger charge is -2.17. The minimum Gasteiger partial charge on any atom is -0.465 e. The smallest absolute Gasteiger partial charge is 0.321 e. The molecular formula is C16H18O3. The molecule has 0 bridgehead atoms. The fourth-order valence-corrected chi connectivity index (χ4v) is 2.00. The summed E-state index contributed by atoms with van der Waals surface area (Å²) in [6, 6.07) is 5.39. The summed E-state index contributed by atoms with van der Waals surface area (Å²) < 4.78 is 4.97. The number of hydrogen-bond acceptors (Lipinski definition) is 3. The van der Waals surface area contributed by atoms with Crippen LogP contribution in [0.5, 0.6) is 0 Å². The van der Waals surface area contributed by atoms with Crippen LogP contribution < -0.4 is 0 Å². The van der Waals surface area contributed by atoms with E-state index in [2.05, 4.69) is 13.2 Å². The summed E-state index contributed by atoms with van der Waals surface area (Å²) in [5, 5.41) is 0. The number of benzene rings is 1. The van der Waals surface area contributed by atoms with Crippen molar-refractivity contribution in [3.63, 3.8) is 0 Å². The summed E-state index contributed by atoms with van der Waals surface area (Å²) >= 11 is 0. The maximum Gasteiger partial charge on any atom is 0.321 e. The largest absolute Gasteiger partial charge is 0.465 e. The second-order valence-corrected chi connectivity index (χ2v) is 4.05. The molecule has 0 fully saturated rings. The van der Waals surface area contributed by atoms with E-state index in [0.29, 0.717) is 5.56 Å². The monoisotopic (exact) mass is 258 g/mol. The average molecular weight is 258 g/mol. The van der Waals surface area contributed by atoms with Crippen LogP contribution in [0.15, 0.2) is 31.4 Å². The highest BCUT2D eigenvalue weighted by molar-refractivity contribution is 6.04. The third-order valence-corrected chi connectivity index (χ3v) is 2.84. The Morgan fingerprint density at radius 3 is 2.47 bits per heavy atom. The second kappa shape index (κ2) is 6.69. The van der Waals surface area contributed by atoms with Crippen molar-refractivity contribution in [2.75, 3.05) is 6.61 Å². The van der Waals surface area contributed by atoms with Crippen LogP contribution in [-0.4, -0.2) is 18.4 Å². The molecule has 0 saturated heterocycles. The molecular weight excluding hydrogens is 240 g/mol. The molecule has 0 amide bonds. The molecule has 100 valence electrons. The Bertz CT molecular complexity index is 515. The van der Waals surface area contributed by atoms with Crippen LogP contribution >= 0.6 is 0 Å². The van der Waals surface area contributed by atoms with Crippen LogP contribution in [0.25, 0.3) is 12.2 Å². The molecule has 1 rings (SSSR count). The van der Waals surface area contributed by atoms with Crippen LogP contribution in [0.1, 0.15) is 36.5 Å². The molecule has 0 aliphatic heterocycles. The van der Waals surface area contributed by atoms with Gasteiger partial charge in [-0.25, -0.2) is 0 Å². The first kappa shape index (κ1) is 14.9. The van der Waals surface area contributed by atoms with Gasteiger partial charge in [0.25, 0.3) is 0 Å². The minimum atomic E-state index is -0.909. The highest BCUT2D eigenvalue weighted by Gasteiger charge is 2.28. The van der Waals surface area contributed by atoms with Crippen LogP contribution in [0.2, 0.25) is 0 Å². The van der Waals surface area contributed by atoms with Crippen molar-refractivity contribution in [2.24, 2.45) is 0 Å². The van der Waals surface area contributed by atoms with Crippen LogP contribution in [0.4, 0.5) is 0 Å². The summed E-state index contributed by atoms with van der Waals surface area (Å²) in [7, 11) is 0. The van der Waals surface area contributed by atoms with Gasteiger partial charge >= 0.3 is 5.97 Å². The van der Waals surface area contributed by atoms with Gasteiger partial charge in [0.2, 0.25) is 0 Å². The van der Waals surface area contributed by atoms with Gasteiger partial charge in [0.15, 0.2) is 0 Å². The highest BCUT2D eigenvalue weighted by Crippen LogP contribution is 2.27. The molecule has 1 aromatic rings. The zero-order valence-electron chi connectivity index (χ0n) is 11.3. The molecule has 1 aromatic carbocycles. The maximum absolute atomic E-state index is 11.9. The number of carbonyl (C=O) groups is 2. The summed E-state index contributed by atoms with van der Waals surface area (Å²) in [6.45, 7) is 10.8. The van der Waals surface area contributed by atoms with E-state index in [1.807, 2.05) is 6.07 Å². The van der Waals surface area contributed by atoms with Gasteiger partial charge in [-0.3, -0.25) is 9.59 Å². The number of ketones is 1. The molecule has 1 unspecified atom stereocenters. The zero-order chi connectivity index (χ0) is 14.4. The number of Topliss-reactive ketones (excluding diaryl/α,β-unsaturated/α-hetero) is 1. The standard InChI is InChI=1S/C16H18O3/c1-5-12-9-8-10-14(13(12)6-2)15(11(4)17)16(18)19-7-3/h5-6,8-10,15H,1-2,7H2,3-4H3. The number of carbonyl (C=O) groups excluding carboxylic acids is 2. The Morgan fingerprint density at radius 1 is 1.32 bits per heavy atom. The van der Waals surface area contributed by atoms with Gasteiger partial charge in [0.1, 0.15) is 11.7 Å². The second-order valence-electron chi connectivity index (χ2n) is 4.05. The molecule has 1 atom stereocenters. The first-order valence-corrected chi connectivity index (χ1v) is 6.11. The molecule has 0 aliphatic carbocycles. The SMILES string of the molecule is C=Cc1cccc(C(C(C)=O)C(=O)OCC)c1C=C. The Hall–Kier alpha value is -2.16. The summed E-state index contributed by atoms with van der Waals surface area (Å²) in [5.41, 5.74) is 2.19. The highest BCUT2D eigenvalue weighted by atomic mass is 16.5. The number of esters is 1. The fraction of sp³-hybridized carbons (Fsp3) is 0.250. The Kier molecular flexibility index (Phi) is 5.24. The molecule has 0 aliphatic rings. The minimum absolute atomic E-state index is 0.243. The van der Waals surface area contributed by atoms with E-state index in [9.17, 15) is 9.59 Å². The van der Waals surface area contributed by atoms with Crippen LogP contribution in [0, 0.1) is 0 Å². The van der Waals surface area contributed by atoms with E-state index in [4.69, 9.17) is 4.74 Å². The van der Waals surface area contributed by atoms with Gasteiger partial charge in [0, 0.05) is 0 Å². The normalized spacial score (nSPS) is 11.5. The van der Waals surface area contributed by atoms with E-state index in [0.717, 1.165) is 11.1 Å². The molecule has 3 nitrogen and oxygen atoms in total. The van der Waals surface area contributed by atoms with E-state index in [1.165, 1.54) is 6.92 Å². The Balaban J connectivity index is 3.38. The van der Waals surface area contributed by atoms with Gasteiger partial charge in [-0.15, -0.1) is 0 Å². The van der Waals surface area contributed by atoms with Crippen molar-refractivity contribution in [2.45, 2.75) is 19.8 Å². The topological polar surface area (TPSA) is 43.4 Å². The van der Waals surface area contributed by atoms with Crippen molar-refractivity contribution < 1.29 is 14.3 Å². The van der Waals surface area contributed by atoms with Crippen molar-refractivity contribution in [3.8, 4) is 0 Å². The van der Waals surface area contributed by atoms with E-state index in [-0.39, 0.29) is 12.4 Å². The van der Waals surface area contributed by atoms with Gasteiger partial charge < -0.3 is 4.74 Å². The number of rotatable bonds is 6.